The van der Waals surface area contributed by atoms with Gasteiger partial charge in [0, 0.05) is 32.3 Å². The zero-order chi connectivity index (χ0) is 47.2. The molecule has 2 bridgehead atoms. The molecule has 3 N–H and O–H groups in total. The van der Waals surface area contributed by atoms with E-state index in [9.17, 15) is 19.2 Å². The van der Waals surface area contributed by atoms with Crippen LogP contribution < -0.4 is 10.6 Å². The third-order valence-electron chi connectivity index (χ3n) is 14.5. The number of piperidine rings is 1. The average Bonchev–Trinajstić information content (AvgIpc) is 3.81. The molecule has 6 atom stereocenters. The summed E-state index contributed by atoms with van der Waals surface area (Å²) >= 11 is 0. The lowest BCUT2D eigenvalue weighted by molar-refractivity contribution is -0.145. The largest absolute Gasteiger partial charge is 0.453 e. The van der Waals surface area contributed by atoms with E-state index >= 15 is 0 Å². The first kappa shape index (κ1) is 46.3. The summed E-state index contributed by atoms with van der Waals surface area (Å²) in [5, 5.41) is 7.68. The SMILES string of the molecule is COC(=O)NC(C(=O)N(CC1(C)CC1)C(C)c1ncc(-c2ccc3cc(-c4ccc(-c5cnc(C6C7CCC(C7)N6C(=O)C(NC(=O)OC)C(C)(C)OC)n5C)cc4)ccc3c2)[nH]1)C(C)C. The molecule has 2 saturated carbocycles. The smallest absolute Gasteiger partial charge is 0.407 e. The fourth-order valence-electron chi connectivity index (χ4n) is 9.92. The molecular weight excluding hydrogens is 837 g/mol. The summed E-state index contributed by atoms with van der Waals surface area (Å²) < 4.78 is 17.5. The van der Waals surface area contributed by atoms with E-state index in [-0.39, 0.29) is 47.2 Å². The van der Waals surface area contributed by atoms with Gasteiger partial charge in [-0.2, -0.15) is 0 Å². The zero-order valence-corrected chi connectivity index (χ0v) is 39.8. The van der Waals surface area contributed by atoms with Crippen LogP contribution in [0.4, 0.5) is 9.59 Å². The van der Waals surface area contributed by atoms with E-state index in [1.165, 1.54) is 21.3 Å². The highest BCUT2D eigenvalue weighted by Gasteiger charge is 2.53. The van der Waals surface area contributed by atoms with Crippen LogP contribution in [0.2, 0.25) is 0 Å². The van der Waals surface area contributed by atoms with Gasteiger partial charge in [0.25, 0.3) is 0 Å². The number of hydrogen-bond donors (Lipinski definition) is 3. The summed E-state index contributed by atoms with van der Waals surface area (Å²) in [7, 11) is 6.13. The van der Waals surface area contributed by atoms with Crippen molar-refractivity contribution in [1.82, 2.24) is 40.0 Å². The Hall–Kier alpha value is -6.22. The number of H-pyrrole nitrogens is 1. The monoisotopic (exact) mass is 900 g/mol. The molecule has 0 radical (unpaired) electrons. The quantitative estimate of drug-likeness (QED) is 0.0931. The second-order valence-corrected chi connectivity index (χ2v) is 19.7. The number of likely N-dealkylation sites (tertiary alicyclic amines) is 1. The molecule has 3 heterocycles. The summed E-state index contributed by atoms with van der Waals surface area (Å²) in [5.74, 6) is 1.27. The molecule has 4 amide bonds. The van der Waals surface area contributed by atoms with Gasteiger partial charge >= 0.3 is 12.2 Å². The summed E-state index contributed by atoms with van der Waals surface area (Å²) in [6.45, 7) is 12.2. The second-order valence-electron chi connectivity index (χ2n) is 19.7. The highest BCUT2D eigenvalue weighted by atomic mass is 16.5. The first-order valence-corrected chi connectivity index (χ1v) is 23.0. The molecule has 3 fully saturated rings. The Balaban J connectivity index is 0.983. The number of amides is 4. The molecule has 5 aromatic rings. The van der Waals surface area contributed by atoms with Gasteiger partial charge in [0.1, 0.15) is 23.7 Å². The van der Waals surface area contributed by atoms with Gasteiger partial charge in [-0.3, -0.25) is 9.59 Å². The molecule has 0 spiro atoms. The summed E-state index contributed by atoms with van der Waals surface area (Å²) in [5.41, 5.74) is 5.02. The Labute approximate surface area is 387 Å². The number of carbonyl (C=O) groups is 4. The van der Waals surface area contributed by atoms with Crippen LogP contribution in [0.5, 0.6) is 0 Å². The number of aromatic amines is 1. The predicted octanol–water partition coefficient (Wildman–Crippen LogP) is 8.57. The zero-order valence-electron chi connectivity index (χ0n) is 39.8. The van der Waals surface area contributed by atoms with E-state index in [4.69, 9.17) is 24.2 Å². The number of aromatic nitrogens is 4. The topological polar surface area (TPSA) is 173 Å². The number of ether oxygens (including phenoxy) is 3. The van der Waals surface area contributed by atoms with Crippen LogP contribution in [0.15, 0.2) is 73.1 Å². The van der Waals surface area contributed by atoms with E-state index in [0.717, 1.165) is 82.3 Å². The fraction of sp³-hybridized carbons (Fsp3) is 0.490. The Kier molecular flexibility index (Phi) is 12.8. The lowest BCUT2D eigenvalue weighted by Gasteiger charge is -2.41. The van der Waals surface area contributed by atoms with E-state index in [0.29, 0.717) is 12.4 Å². The number of fused-ring (bicyclic) bond motifs is 3. The van der Waals surface area contributed by atoms with Crippen LogP contribution >= 0.6 is 0 Å². The number of hydrogen-bond acceptors (Lipinski definition) is 9. The Morgan fingerprint density at radius 1 is 0.848 bits per heavy atom. The molecule has 2 aliphatic carbocycles. The Morgan fingerprint density at radius 3 is 2.11 bits per heavy atom. The Bertz CT molecular complexity index is 2610. The highest BCUT2D eigenvalue weighted by Crippen LogP contribution is 2.51. The minimum Gasteiger partial charge on any atom is -0.453 e. The van der Waals surface area contributed by atoms with Crippen molar-refractivity contribution in [2.24, 2.45) is 24.3 Å². The summed E-state index contributed by atoms with van der Waals surface area (Å²) in [4.78, 5) is 70.0. The standard InChI is InChI=1S/C51H64N8O7/c1-29(2)41(55-48(62)64-8)46(60)58(28-51(6)21-22-51)30(3)44-52-26-39(54-44)36-18-17-34-23-33(15-16-35(34)24-36)31-11-13-32(14-12-31)40-27-53-45(57(40)7)42-37-19-20-38(25-37)59(42)47(61)43(50(4,5)66-10)56-49(63)65-9/h11-18,23-24,26-27,29-30,37-38,41-43H,19-22,25,28H2,1-10H3,(H,52,54)(H,55,62)(H,56,63). The number of nitrogens with zero attached hydrogens (tertiary/aromatic N) is 5. The van der Waals surface area contributed by atoms with Crippen LogP contribution in [0, 0.1) is 17.3 Å². The maximum absolute atomic E-state index is 14.4. The van der Waals surface area contributed by atoms with Gasteiger partial charge in [0.15, 0.2) is 0 Å². The molecule has 1 aliphatic heterocycles. The van der Waals surface area contributed by atoms with Crippen LogP contribution in [-0.2, 0) is 30.8 Å². The molecule has 6 unspecified atom stereocenters. The van der Waals surface area contributed by atoms with E-state index in [2.05, 4.69) is 87.8 Å². The average molecular weight is 901 g/mol. The molecule has 3 aromatic carbocycles. The predicted molar refractivity (Wildman–Crippen MR) is 252 cm³/mol. The van der Waals surface area contributed by atoms with Gasteiger partial charge in [0.05, 0.1) is 55.7 Å². The van der Waals surface area contributed by atoms with E-state index in [1.807, 2.05) is 50.0 Å². The number of alkyl carbamates (subject to hydrolysis) is 2. The number of methoxy groups -OCH3 is 3. The maximum atomic E-state index is 14.4. The van der Waals surface area contributed by atoms with Gasteiger partial charge in [-0.25, -0.2) is 19.6 Å². The van der Waals surface area contributed by atoms with Crippen LogP contribution in [0.3, 0.4) is 0 Å². The number of rotatable bonds is 15. The molecule has 66 heavy (non-hydrogen) atoms. The third-order valence-corrected chi connectivity index (χ3v) is 14.5. The summed E-state index contributed by atoms with van der Waals surface area (Å²) in [6, 6.07) is 19.1. The van der Waals surface area contributed by atoms with E-state index in [1.54, 1.807) is 13.8 Å². The van der Waals surface area contributed by atoms with Crippen molar-refractivity contribution in [3.63, 3.8) is 0 Å². The van der Waals surface area contributed by atoms with Gasteiger partial charge in [-0.15, -0.1) is 0 Å². The van der Waals surface area contributed by atoms with Crippen molar-refractivity contribution in [3.8, 4) is 33.6 Å². The normalized spacial score (nSPS) is 19.9. The van der Waals surface area contributed by atoms with Crippen molar-refractivity contribution < 1.29 is 33.4 Å². The van der Waals surface area contributed by atoms with Crippen molar-refractivity contribution in [2.75, 3.05) is 27.9 Å². The van der Waals surface area contributed by atoms with Crippen molar-refractivity contribution in [2.45, 2.75) is 109 Å². The molecular formula is C51H64N8O7. The Morgan fingerprint density at radius 2 is 1.47 bits per heavy atom. The minimum atomic E-state index is -0.974. The number of benzene rings is 3. The molecule has 8 rings (SSSR count). The summed E-state index contributed by atoms with van der Waals surface area (Å²) in [6.07, 6.45) is 7.29. The lowest BCUT2D eigenvalue weighted by atomic mass is 9.93. The first-order valence-electron chi connectivity index (χ1n) is 23.0. The number of imidazole rings is 2. The van der Waals surface area contributed by atoms with Crippen molar-refractivity contribution in [3.05, 3.63) is 84.7 Å². The van der Waals surface area contributed by atoms with Crippen molar-refractivity contribution >= 4 is 34.8 Å². The third kappa shape index (κ3) is 9.01. The molecule has 15 nitrogen and oxygen atoms in total. The molecule has 350 valence electrons. The van der Waals surface area contributed by atoms with E-state index < -0.39 is 29.9 Å². The maximum Gasteiger partial charge on any atom is 0.407 e. The van der Waals surface area contributed by atoms with Gasteiger partial charge in [0.2, 0.25) is 11.8 Å². The lowest BCUT2D eigenvalue weighted by Crippen LogP contribution is -2.60. The van der Waals surface area contributed by atoms with Crippen LogP contribution in [-0.4, -0.2) is 105 Å². The minimum absolute atomic E-state index is 0.0393. The molecule has 15 heteroatoms. The van der Waals surface area contributed by atoms with Gasteiger partial charge < -0.3 is 44.2 Å². The molecule has 1 saturated heterocycles. The van der Waals surface area contributed by atoms with Crippen LogP contribution in [0.25, 0.3) is 44.4 Å². The molecule has 3 aliphatic rings. The molecule has 2 aromatic heterocycles. The first-order chi connectivity index (χ1) is 31.4. The van der Waals surface area contributed by atoms with Crippen molar-refractivity contribution in [1.29, 1.82) is 0 Å². The van der Waals surface area contributed by atoms with Gasteiger partial charge in [-0.05, 0) is 110 Å². The fourth-order valence-corrected chi connectivity index (χ4v) is 9.92. The highest BCUT2D eigenvalue weighted by molar-refractivity contribution is 5.91. The van der Waals surface area contributed by atoms with Gasteiger partial charge in [-0.1, -0.05) is 69.3 Å². The number of nitrogens with one attached hydrogen (secondary N) is 3. The van der Waals surface area contributed by atoms with Crippen LogP contribution in [0.1, 0.15) is 97.4 Å². The second kappa shape index (κ2) is 18.2. The number of carbonyl (C=O) groups excluding carboxylic acids is 4.